The molecule has 0 unspecified atom stereocenters. The fourth-order valence-electron chi connectivity index (χ4n) is 3.16. The lowest BCUT2D eigenvalue weighted by atomic mass is 9.91. The fraction of sp³-hybridized carbons (Fsp3) is 1.00. The van der Waals surface area contributed by atoms with Crippen LogP contribution in [0.4, 0.5) is 0 Å². The summed E-state index contributed by atoms with van der Waals surface area (Å²) in [7, 11) is 4.39. The van der Waals surface area contributed by atoms with Gasteiger partial charge in [-0.3, -0.25) is 4.90 Å². The van der Waals surface area contributed by atoms with Gasteiger partial charge in [0.15, 0.2) is 0 Å². The van der Waals surface area contributed by atoms with Crippen LogP contribution in [0.15, 0.2) is 0 Å². The molecule has 1 atom stereocenters. The van der Waals surface area contributed by atoms with Crippen molar-refractivity contribution in [3.63, 3.8) is 0 Å². The van der Waals surface area contributed by atoms with Crippen molar-refractivity contribution in [1.82, 2.24) is 9.80 Å². The van der Waals surface area contributed by atoms with Crippen LogP contribution in [-0.4, -0.2) is 47.6 Å². The van der Waals surface area contributed by atoms with Crippen molar-refractivity contribution in [2.75, 3.05) is 20.6 Å². The molecular formula is C12H26N2. The van der Waals surface area contributed by atoms with Crippen LogP contribution in [0.25, 0.3) is 0 Å². The molecule has 1 aliphatic rings. The van der Waals surface area contributed by atoms with Gasteiger partial charge in [0.1, 0.15) is 0 Å². The van der Waals surface area contributed by atoms with Crippen molar-refractivity contribution < 1.29 is 0 Å². The van der Waals surface area contributed by atoms with E-state index in [2.05, 4.69) is 58.5 Å². The zero-order chi connectivity index (χ0) is 11.1. The standard InChI is InChI=1S/C12H26N2/c1-11(2,3)14-9-8-10(13(6)7)12(14,4)5/h10H,8-9H2,1-7H3/t10-/m1/s1. The molecule has 0 radical (unpaired) electrons. The highest BCUT2D eigenvalue weighted by atomic mass is 15.3. The molecule has 0 aromatic rings. The lowest BCUT2D eigenvalue weighted by molar-refractivity contribution is 0.0361. The van der Waals surface area contributed by atoms with Gasteiger partial charge in [0.25, 0.3) is 0 Å². The molecule has 1 rings (SSSR count). The zero-order valence-electron chi connectivity index (χ0n) is 10.9. The number of nitrogens with zero attached hydrogens (tertiary/aromatic N) is 2. The predicted molar refractivity (Wildman–Crippen MR) is 62.6 cm³/mol. The Bertz CT molecular complexity index is 201. The van der Waals surface area contributed by atoms with Gasteiger partial charge in [-0.2, -0.15) is 0 Å². The minimum atomic E-state index is 0.286. The molecule has 14 heavy (non-hydrogen) atoms. The summed E-state index contributed by atoms with van der Waals surface area (Å²) in [6.45, 7) is 12.9. The molecular weight excluding hydrogens is 172 g/mol. The number of hydrogen-bond donors (Lipinski definition) is 0. The van der Waals surface area contributed by atoms with Gasteiger partial charge >= 0.3 is 0 Å². The predicted octanol–water partition coefficient (Wildman–Crippen LogP) is 2.20. The highest BCUT2D eigenvalue weighted by Crippen LogP contribution is 2.36. The molecule has 2 nitrogen and oxygen atoms in total. The minimum absolute atomic E-state index is 0.286. The minimum Gasteiger partial charge on any atom is -0.305 e. The Labute approximate surface area is 89.3 Å². The lowest BCUT2D eigenvalue weighted by Crippen LogP contribution is -2.56. The first-order chi connectivity index (χ1) is 6.17. The molecule has 0 saturated carbocycles. The van der Waals surface area contributed by atoms with E-state index >= 15 is 0 Å². The van der Waals surface area contributed by atoms with Crippen LogP contribution >= 0.6 is 0 Å². The molecule has 1 aliphatic heterocycles. The molecule has 0 bridgehead atoms. The van der Waals surface area contributed by atoms with Gasteiger partial charge in [-0.05, 0) is 55.1 Å². The van der Waals surface area contributed by atoms with Gasteiger partial charge in [-0.1, -0.05) is 0 Å². The van der Waals surface area contributed by atoms with Crippen LogP contribution in [0.1, 0.15) is 41.0 Å². The average molecular weight is 198 g/mol. The maximum absolute atomic E-state index is 2.63. The molecule has 0 N–H and O–H groups in total. The summed E-state index contributed by atoms with van der Waals surface area (Å²) in [5.41, 5.74) is 0.579. The van der Waals surface area contributed by atoms with Gasteiger partial charge < -0.3 is 4.90 Å². The fourth-order valence-corrected chi connectivity index (χ4v) is 3.16. The summed E-state index contributed by atoms with van der Waals surface area (Å²) < 4.78 is 0. The van der Waals surface area contributed by atoms with E-state index in [0.717, 1.165) is 0 Å². The number of likely N-dealkylation sites (tertiary alicyclic amines) is 1. The van der Waals surface area contributed by atoms with Crippen LogP contribution in [-0.2, 0) is 0 Å². The molecule has 1 heterocycles. The summed E-state index contributed by atoms with van der Waals surface area (Å²) in [5.74, 6) is 0. The number of rotatable bonds is 1. The maximum Gasteiger partial charge on any atom is 0.0313 e. The summed E-state index contributed by atoms with van der Waals surface area (Å²) in [6, 6.07) is 0.682. The molecule has 0 amide bonds. The van der Waals surface area contributed by atoms with E-state index < -0.39 is 0 Å². The van der Waals surface area contributed by atoms with Crippen LogP contribution in [0.2, 0.25) is 0 Å². The Morgan fingerprint density at radius 1 is 1.21 bits per heavy atom. The molecule has 0 spiro atoms. The van der Waals surface area contributed by atoms with E-state index in [1.165, 1.54) is 13.0 Å². The maximum atomic E-state index is 2.63. The quantitative estimate of drug-likeness (QED) is 0.637. The summed E-state index contributed by atoms with van der Waals surface area (Å²) in [6.07, 6.45) is 1.29. The Hall–Kier alpha value is -0.0800. The van der Waals surface area contributed by atoms with Gasteiger partial charge in [-0.15, -0.1) is 0 Å². The topological polar surface area (TPSA) is 6.48 Å². The number of hydrogen-bond acceptors (Lipinski definition) is 2. The first-order valence-corrected chi connectivity index (χ1v) is 5.61. The Kier molecular flexibility index (Phi) is 2.99. The third kappa shape index (κ3) is 1.96. The van der Waals surface area contributed by atoms with Crippen LogP contribution in [0.3, 0.4) is 0 Å². The Morgan fingerprint density at radius 3 is 1.93 bits per heavy atom. The lowest BCUT2D eigenvalue weighted by Gasteiger charge is -2.45. The van der Waals surface area contributed by atoms with Crippen molar-refractivity contribution >= 4 is 0 Å². The van der Waals surface area contributed by atoms with E-state index in [9.17, 15) is 0 Å². The third-order valence-corrected chi connectivity index (χ3v) is 3.57. The van der Waals surface area contributed by atoms with E-state index in [4.69, 9.17) is 0 Å². The van der Waals surface area contributed by atoms with Crippen LogP contribution in [0, 0.1) is 0 Å². The summed E-state index contributed by atoms with van der Waals surface area (Å²) in [5, 5.41) is 0. The van der Waals surface area contributed by atoms with Crippen molar-refractivity contribution in [2.45, 2.75) is 58.2 Å². The molecule has 2 heteroatoms. The number of likely N-dealkylation sites (N-methyl/N-ethyl adjacent to an activating group) is 1. The third-order valence-electron chi connectivity index (χ3n) is 3.57. The monoisotopic (exact) mass is 198 g/mol. The van der Waals surface area contributed by atoms with Crippen LogP contribution in [0.5, 0.6) is 0 Å². The first-order valence-electron chi connectivity index (χ1n) is 5.61. The van der Waals surface area contributed by atoms with Gasteiger partial charge in [0, 0.05) is 23.7 Å². The van der Waals surface area contributed by atoms with Gasteiger partial charge in [0.05, 0.1) is 0 Å². The van der Waals surface area contributed by atoms with Gasteiger partial charge in [-0.25, -0.2) is 0 Å². The zero-order valence-corrected chi connectivity index (χ0v) is 10.9. The molecule has 0 aromatic heterocycles. The summed E-state index contributed by atoms with van der Waals surface area (Å²) >= 11 is 0. The first kappa shape index (κ1) is 12.0. The highest BCUT2D eigenvalue weighted by Gasteiger charge is 2.46. The highest BCUT2D eigenvalue weighted by molar-refractivity contribution is 5.03. The molecule has 1 saturated heterocycles. The molecule has 0 aliphatic carbocycles. The Morgan fingerprint density at radius 2 is 1.71 bits per heavy atom. The smallest absolute Gasteiger partial charge is 0.0313 e. The SMILES string of the molecule is CN(C)[C@@H]1CCN(C(C)(C)C)C1(C)C. The normalized spacial score (nSPS) is 28.7. The van der Waals surface area contributed by atoms with Crippen molar-refractivity contribution in [1.29, 1.82) is 0 Å². The Balaban J connectivity index is 2.86. The second-order valence-electron chi connectivity index (χ2n) is 6.24. The van der Waals surface area contributed by atoms with E-state index in [1.807, 2.05) is 0 Å². The van der Waals surface area contributed by atoms with E-state index in [0.29, 0.717) is 11.6 Å². The molecule has 0 aromatic carbocycles. The summed E-state index contributed by atoms with van der Waals surface area (Å²) in [4.78, 5) is 5.00. The largest absolute Gasteiger partial charge is 0.305 e. The van der Waals surface area contributed by atoms with Crippen LogP contribution < -0.4 is 0 Å². The van der Waals surface area contributed by atoms with Crippen molar-refractivity contribution in [3.05, 3.63) is 0 Å². The molecule has 1 fully saturated rings. The van der Waals surface area contributed by atoms with E-state index in [-0.39, 0.29) is 5.54 Å². The van der Waals surface area contributed by atoms with E-state index in [1.54, 1.807) is 0 Å². The second kappa shape index (κ2) is 3.49. The second-order valence-corrected chi connectivity index (χ2v) is 6.24. The van der Waals surface area contributed by atoms with Crippen molar-refractivity contribution in [3.8, 4) is 0 Å². The average Bonchev–Trinajstić information content (AvgIpc) is 2.22. The van der Waals surface area contributed by atoms with Crippen molar-refractivity contribution in [2.24, 2.45) is 0 Å². The van der Waals surface area contributed by atoms with Gasteiger partial charge in [0.2, 0.25) is 0 Å². The molecule has 84 valence electrons.